The third-order valence-corrected chi connectivity index (χ3v) is 6.84. The lowest BCUT2D eigenvalue weighted by atomic mass is 10.1. The van der Waals surface area contributed by atoms with Crippen LogP contribution < -0.4 is 9.62 Å². The molecule has 2 heterocycles. The van der Waals surface area contributed by atoms with Crippen molar-refractivity contribution in [3.8, 4) is 0 Å². The SMILES string of the molecule is Cc1cc(F)ccc1S(=O)(=O)NCCc1csc(N2CCCCC2)n1. The first-order chi connectivity index (χ1) is 12.0. The van der Waals surface area contributed by atoms with Gasteiger partial charge in [-0.05, 0) is 49.9 Å². The highest BCUT2D eigenvalue weighted by Gasteiger charge is 2.18. The van der Waals surface area contributed by atoms with Crippen molar-refractivity contribution in [2.75, 3.05) is 24.5 Å². The summed E-state index contributed by atoms with van der Waals surface area (Å²) in [6.45, 7) is 3.94. The molecule has 0 spiro atoms. The molecule has 3 rings (SSSR count). The Balaban J connectivity index is 1.58. The Labute approximate surface area is 151 Å². The van der Waals surface area contributed by atoms with Crippen LogP contribution in [0.5, 0.6) is 0 Å². The molecule has 1 aromatic heterocycles. The lowest BCUT2D eigenvalue weighted by molar-refractivity contribution is 0.575. The molecule has 25 heavy (non-hydrogen) atoms. The molecule has 0 bridgehead atoms. The zero-order chi connectivity index (χ0) is 17.9. The van der Waals surface area contributed by atoms with E-state index in [9.17, 15) is 12.8 Å². The number of thiazole rings is 1. The predicted octanol–water partition coefficient (Wildman–Crippen LogP) is 3.10. The number of piperidine rings is 1. The fraction of sp³-hybridized carbons (Fsp3) is 0.471. The van der Waals surface area contributed by atoms with Gasteiger partial charge < -0.3 is 4.90 Å². The van der Waals surface area contributed by atoms with Crippen LogP contribution in [0.15, 0.2) is 28.5 Å². The van der Waals surface area contributed by atoms with E-state index >= 15 is 0 Å². The number of halogens is 1. The van der Waals surface area contributed by atoms with Crippen LogP contribution in [0.4, 0.5) is 9.52 Å². The third-order valence-electron chi connectivity index (χ3n) is 4.27. The second-order valence-corrected chi connectivity index (χ2v) is 8.80. The lowest BCUT2D eigenvalue weighted by Crippen LogP contribution is -2.29. The van der Waals surface area contributed by atoms with Crippen molar-refractivity contribution < 1.29 is 12.8 Å². The maximum absolute atomic E-state index is 13.1. The summed E-state index contributed by atoms with van der Waals surface area (Å²) in [4.78, 5) is 7.02. The Kier molecular flexibility index (Phi) is 5.71. The number of rotatable bonds is 6. The first-order valence-corrected chi connectivity index (χ1v) is 10.8. The van der Waals surface area contributed by atoms with Crippen molar-refractivity contribution in [3.63, 3.8) is 0 Å². The highest BCUT2D eigenvalue weighted by molar-refractivity contribution is 7.89. The molecule has 1 aromatic carbocycles. The number of nitrogens with zero attached hydrogens (tertiary/aromatic N) is 2. The quantitative estimate of drug-likeness (QED) is 0.833. The maximum Gasteiger partial charge on any atom is 0.240 e. The Hall–Kier alpha value is -1.51. The van der Waals surface area contributed by atoms with Gasteiger partial charge in [-0.1, -0.05) is 0 Å². The van der Waals surface area contributed by atoms with Gasteiger partial charge in [0.25, 0.3) is 0 Å². The third kappa shape index (κ3) is 4.56. The van der Waals surface area contributed by atoms with Crippen molar-refractivity contribution >= 4 is 26.5 Å². The van der Waals surface area contributed by atoms with Gasteiger partial charge in [0.05, 0.1) is 10.6 Å². The highest BCUT2D eigenvalue weighted by Crippen LogP contribution is 2.24. The van der Waals surface area contributed by atoms with Crippen molar-refractivity contribution in [2.24, 2.45) is 0 Å². The van der Waals surface area contributed by atoms with Crippen LogP contribution in [0, 0.1) is 12.7 Å². The number of anilines is 1. The maximum atomic E-state index is 13.1. The van der Waals surface area contributed by atoms with Crippen LogP contribution in [0.2, 0.25) is 0 Å². The molecule has 0 radical (unpaired) electrons. The molecule has 0 amide bonds. The molecule has 1 aliphatic heterocycles. The molecule has 1 N–H and O–H groups in total. The Morgan fingerprint density at radius 3 is 2.76 bits per heavy atom. The Bertz CT molecular complexity index is 830. The summed E-state index contributed by atoms with van der Waals surface area (Å²) < 4.78 is 40.4. The fourth-order valence-corrected chi connectivity index (χ4v) is 5.12. The van der Waals surface area contributed by atoms with Crippen molar-refractivity contribution in [3.05, 3.63) is 40.7 Å². The van der Waals surface area contributed by atoms with Crippen LogP contribution in [-0.4, -0.2) is 33.0 Å². The van der Waals surface area contributed by atoms with Gasteiger partial charge in [-0.2, -0.15) is 0 Å². The van der Waals surface area contributed by atoms with Crippen molar-refractivity contribution in [2.45, 2.75) is 37.5 Å². The molecule has 0 saturated carbocycles. The summed E-state index contributed by atoms with van der Waals surface area (Å²) in [6, 6.07) is 3.68. The van der Waals surface area contributed by atoms with Gasteiger partial charge in [-0.25, -0.2) is 22.5 Å². The van der Waals surface area contributed by atoms with Crippen LogP contribution in [0.3, 0.4) is 0 Å². The normalized spacial score (nSPS) is 15.5. The Morgan fingerprint density at radius 1 is 1.28 bits per heavy atom. The van der Waals surface area contributed by atoms with Crippen molar-refractivity contribution in [1.29, 1.82) is 0 Å². The highest BCUT2D eigenvalue weighted by atomic mass is 32.2. The molecule has 1 fully saturated rings. The van der Waals surface area contributed by atoms with Gasteiger partial charge in [-0.15, -0.1) is 11.3 Å². The van der Waals surface area contributed by atoms with E-state index in [1.165, 1.54) is 31.4 Å². The van der Waals surface area contributed by atoms with Gasteiger partial charge >= 0.3 is 0 Å². The second-order valence-electron chi connectivity index (χ2n) is 6.23. The average molecular weight is 384 g/mol. The standard InChI is InChI=1S/C17H22FN3O2S2/c1-13-11-14(18)5-6-16(13)25(22,23)19-8-7-15-12-24-17(20-15)21-9-3-2-4-10-21/h5-6,11-12,19H,2-4,7-10H2,1H3. The number of nitrogens with one attached hydrogen (secondary N) is 1. The number of hydrogen-bond acceptors (Lipinski definition) is 5. The summed E-state index contributed by atoms with van der Waals surface area (Å²) in [5.41, 5.74) is 1.29. The number of sulfonamides is 1. The molecule has 1 aliphatic rings. The van der Waals surface area contributed by atoms with Gasteiger partial charge in [0.1, 0.15) is 5.82 Å². The zero-order valence-corrected chi connectivity index (χ0v) is 15.8. The summed E-state index contributed by atoms with van der Waals surface area (Å²) in [7, 11) is -3.64. The monoisotopic (exact) mass is 383 g/mol. The van der Waals surface area contributed by atoms with E-state index in [0.717, 1.165) is 30.0 Å². The van der Waals surface area contributed by atoms with Gasteiger partial charge in [0.15, 0.2) is 5.13 Å². The predicted molar refractivity (Wildman–Crippen MR) is 98.2 cm³/mol. The average Bonchev–Trinajstić information content (AvgIpc) is 3.04. The smallest absolute Gasteiger partial charge is 0.240 e. The van der Waals surface area contributed by atoms with E-state index in [4.69, 9.17) is 0 Å². The molecule has 1 saturated heterocycles. The van der Waals surface area contributed by atoms with E-state index in [1.807, 2.05) is 5.38 Å². The summed E-state index contributed by atoms with van der Waals surface area (Å²) in [5, 5.41) is 3.01. The molecular weight excluding hydrogens is 361 g/mol. The number of aromatic nitrogens is 1. The first-order valence-electron chi connectivity index (χ1n) is 8.41. The lowest BCUT2D eigenvalue weighted by Gasteiger charge is -2.25. The first kappa shape index (κ1) is 18.3. The number of hydrogen-bond donors (Lipinski definition) is 1. The largest absolute Gasteiger partial charge is 0.348 e. The molecule has 0 unspecified atom stereocenters. The van der Waals surface area contributed by atoms with Crippen molar-refractivity contribution in [1.82, 2.24) is 9.71 Å². The van der Waals surface area contributed by atoms with Crippen LogP contribution in [0.1, 0.15) is 30.5 Å². The fourth-order valence-electron chi connectivity index (χ4n) is 2.95. The van der Waals surface area contributed by atoms with E-state index in [-0.39, 0.29) is 11.4 Å². The minimum absolute atomic E-state index is 0.112. The van der Waals surface area contributed by atoms with E-state index in [1.54, 1.807) is 18.3 Å². The summed E-state index contributed by atoms with van der Waals surface area (Å²) >= 11 is 1.61. The molecular formula is C17H22FN3O2S2. The molecule has 8 heteroatoms. The summed E-state index contributed by atoms with van der Waals surface area (Å²) in [5.74, 6) is -0.441. The second kappa shape index (κ2) is 7.80. The molecule has 2 aromatic rings. The molecule has 0 aliphatic carbocycles. The van der Waals surface area contributed by atoms with E-state index < -0.39 is 15.8 Å². The van der Waals surface area contributed by atoms with E-state index in [2.05, 4.69) is 14.6 Å². The minimum Gasteiger partial charge on any atom is -0.348 e. The Morgan fingerprint density at radius 2 is 2.04 bits per heavy atom. The number of benzene rings is 1. The van der Waals surface area contributed by atoms with Gasteiger partial charge in [0.2, 0.25) is 10.0 Å². The number of aryl methyl sites for hydroxylation is 1. The molecule has 5 nitrogen and oxygen atoms in total. The van der Waals surface area contributed by atoms with Gasteiger partial charge in [0, 0.05) is 31.4 Å². The van der Waals surface area contributed by atoms with E-state index in [0.29, 0.717) is 12.0 Å². The minimum atomic E-state index is -3.64. The van der Waals surface area contributed by atoms with Crippen LogP contribution >= 0.6 is 11.3 Å². The van der Waals surface area contributed by atoms with Gasteiger partial charge in [-0.3, -0.25) is 0 Å². The molecule has 136 valence electrons. The van der Waals surface area contributed by atoms with Crippen LogP contribution in [0.25, 0.3) is 0 Å². The molecule has 0 atom stereocenters. The summed E-state index contributed by atoms with van der Waals surface area (Å²) in [6.07, 6.45) is 4.21. The zero-order valence-electron chi connectivity index (χ0n) is 14.2. The van der Waals surface area contributed by atoms with Crippen LogP contribution in [-0.2, 0) is 16.4 Å². The topological polar surface area (TPSA) is 62.3 Å².